The van der Waals surface area contributed by atoms with Crippen molar-refractivity contribution in [3.05, 3.63) is 51.2 Å². The highest BCUT2D eigenvalue weighted by atomic mass is 79.9. The molecule has 0 aliphatic carbocycles. The van der Waals surface area contributed by atoms with Gasteiger partial charge in [-0.05, 0) is 52.7 Å². The minimum Gasteiger partial charge on any atom is -0.457 e. The van der Waals surface area contributed by atoms with Crippen LogP contribution in [-0.4, -0.2) is 0 Å². The molecule has 18 heavy (non-hydrogen) atoms. The first kappa shape index (κ1) is 13.2. The van der Waals surface area contributed by atoms with E-state index >= 15 is 0 Å². The van der Waals surface area contributed by atoms with Crippen LogP contribution in [0.3, 0.4) is 0 Å². The Bertz CT molecular complexity index is 604. The molecule has 0 radical (unpaired) electrons. The Kier molecular flexibility index (Phi) is 3.78. The molecule has 0 fully saturated rings. The van der Waals surface area contributed by atoms with E-state index in [9.17, 15) is 4.39 Å². The maximum Gasteiger partial charge on any atom is 0.137 e. The number of aryl methyl sites for hydroxylation is 1. The zero-order valence-corrected chi connectivity index (χ0v) is 11.8. The van der Waals surface area contributed by atoms with Crippen molar-refractivity contribution in [3.63, 3.8) is 0 Å². The minimum atomic E-state index is -0.339. The minimum absolute atomic E-state index is 0.339. The summed E-state index contributed by atoms with van der Waals surface area (Å²) in [5.74, 6) is 0.773. The zero-order valence-electron chi connectivity index (χ0n) is 9.51. The Balaban J connectivity index is 2.34. The Morgan fingerprint density at radius 1 is 1.28 bits per heavy atom. The van der Waals surface area contributed by atoms with Crippen molar-refractivity contribution >= 4 is 33.2 Å². The van der Waals surface area contributed by atoms with E-state index in [1.165, 1.54) is 6.07 Å². The van der Waals surface area contributed by atoms with E-state index in [2.05, 4.69) is 15.9 Å². The van der Waals surface area contributed by atoms with E-state index in [1.807, 2.05) is 6.92 Å². The van der Waals surface area contributed by atoms with Crippen molar-refractivity contribution in [1.29, 1.82) is 0 Å². The summed E-state index contributed by atoms with van der Waals surface area (Å²) in [5, 5.41) is 0.428. The maximum absolute atomic E-state index is 13.1. The topological polar surface area (TPSA) is 35.2 Å². The average Bonchev–Trinajstić information content (AvgIpc) is 2.31. The molecule has 5 heteroatoms. The second kappa shape index (κ2) is 5.16. The van der Waals surface area contributed by atoms with Gasteiger partial charge in [0.25, 0.3) is 0 Å². The molecule has 0 amide bonds. The van der Waals surface area contributed by atoms with Gasteiger partial charge in [0.05, 0.1) is 15.2 Å². The number of halogens is 3. The SMILES string of the molecule is Cc1cc(N)c(Cl)cc1Oc1ccc(F)c(Br)c1. The van der Waals surface area contributed by atoms with Gasteiger partial charge < -0.3 is 10.5 Å². The highest BCUT2D eigenvalue weighted by molar-refractivity contribution is 9.10. The van der Waals surface area contributed by atoms with Gasteiger partial charge in [-0.1, -0.05) is 11.6 Å². The van der Waals surface area contributed by atoms with Gasteiger partial charge in [-0.15, -0.1) is 0 Å². The van der Waals surface area contributed by atoms with Gasteiger partial charge in [-0.2, -0.15) is 0 Å². The quantitative estimate of drug-likeness (QED) is 0.793. The van der Waals surface area contributed by atoms with Crippen LogP contribution in [0.5, 0.6) is 11.5 Å². The summed E-state index contributed by atoms with van der Waals surface area (Å²) in [5.41, 5.74) is 7.04. The molecule has 0 saturated heterocycles. The highest BCUT2D eigenvalue weighted by Gasteiger charge is 2.07. The van der Waals surface area contributed by atoms with Gasteiger partial charge >= 0.3 is 0 Å². The molecule has 0 atom stereocenters. The Morgan fingerprint density at radius 3 is 2.67 bits per heavy atom. The molecule has 0 saturated carbocycles. The zero-order chi connectivity index (χ0) is 13.3. The lowest BCUT2D eigenvalue weighted by Crippen LogP contribution is -1.92. The largest absolute Gasteiger partial charge is 0.457 e. The lowest BCUT2D eigenvalue weighted by Gasteiger charge is -2.11. The van der Waals surface area contributed by atoms with Crippen molar-refractivity contribution < 1.29 is 9.13 Å². The summed E-state index contributed by atoms with van der Waals surface area (Å²) < 4.78 is 19.1. The summed E-state index contributed by atoms with van der Waals surface area (Å²) in [4.78, 5) is 0. The monoisotopic (exact) mass is 329 g/mol. The normalized spacial score (nSPS) is 10.4. The van der Waals surface area contributed by atoms with Crippen LogP contribution in [0.25, 0.3) is 0 Å². The fraction of sp³-hybridized carbons (Fsp3) is 0.0769. The summed E-state index contributed by atoms with van der Waals surface area (Å²) in [6.07, 6.45) is 0. The second-order valence-electron chi connectivity index (χ2n) is 3.82. The summed E-state index contributed by atoms with van der Waals surface area (Å²) >= 11 is 9.04. The van der Waals surface area contributed by atoms with Gasteiger partial charge in [0, 0.05) is 6.07 Å². The van der Waals surface area contributed by atoms with Crippen LogP contribution in [0.4, 0.5) is 10.1 Å². The molecule has 2 aromatic rings. The summed E-state index contributed by atoms with van der Waals surface area (Å²) in [7, 11) is 0. The number of hydrogen-bond acceptors (Lipinski definition) is 2. The predicted molar refractivity (Wildman–Crippen MR) is 74.8 cm³/mol. The lowest BCUT2D eigenvalue weighted by molar-refractivity contribution is 0.476. The van der Waals surface area contributed by atoms with Crippen molar-refractivity contribution in [2.45, 2.75) is 6.92 Å². The third kappa shape index (κ3) is 2.76. The fourth-order valence-electron chi connectivity index (χ4n) is 1.46. The first-order valence-electron chi connectivity index (χ1n) is 5.16. The third-order valence-electron chi connectivity index (χ3n) is 2.41. The van der Waals surface area contributed by atoms with Gasteiger partial charge in [-0.3, -0.25) is 0 Å². The van der Waals surface area contributed by atoms with Gasteiger partial charge in [0.2, 0.25) is 0 Å². The molecule has 0 bridgehead atoms. The van der Waals surface area contributed by atoms with E-state index in [0.717, 1.165) is 5.56 Å². The maximum atomic E-state index is 13.1. The van der Waals surface area contributed by atoms with Gasteiger partial charge in [-0.25, -0.2) is 4.39 Å². The third-order valence-corrected chi connectivity index (χ3v) is 3.35. The molecule has 94 valence electrons. The molecule has 0 unspecified atom stereocenters. The number of anilines is 1. The van der Waals surface area contributed by atoms with E-state index in [4.69, 9.17) is 22.1 Å². The Morgan fingerprint density at radius 2 is 2.00 bits per heavy atom. The molecule has 0 aromatic heterocycles. The van der Waals surface area contributed by atoms with E-state index in [-0.39, 0.29) is 5.82 Å². The second-order valence-corrected chi connectivity index (χ2v) is 5.08. The van der Waals surface area contributed by atoms with Gasteiger partial charge in [0.1, 0.15) is 17.3 Å². The molecule has 0 aliphatic rings. The van der Waals surface area contributed by atoms with Gasteiger partial charge in [0.15, 0.2) is 0 Å². The fourth-order valence-corrected chi connectivity index (χ4v) is 1.97. The molecule has 2 N–H and O–H groups in total. The highest BCUT2D eigenvalue weighted by Crippen LogP contribution is 2.33. The lowest BCUT2D eigenvalue weighted by atomic mass is 10.2. The number of ether oxygens (including phenoxy) is 1. The van der Waals surface area contributed by atoms with Crippen molar-refractivity contribution in [2.75, 3.05) is 5.73 Å². The number of rotatable bonds is 2. The number of nitrogens with two attached hydrogens (primary N) is 1. The van der Waals surface area contributed by atoms with E-state index in [0.29, 0.717) is 26.7 Å². The molecule has 2 rings (SSSR count). The first-order valence-corrected chi connectivity index (χ1v) is 6.33. The van der Waals surface area contributed by atoms with Crippen LogP contribution >= 0.6 is 27.5 Å². The average molecular weight is 331 g/mol. The molecular formula is C13H10BrClFNO. The standard InChI is InChI=1S/C13H10BrClFNO/c1-7-4-12(17)10(15)6-13(7)18-8-2-3-11(16)9(14)5-8/h2-6H,17H2,1H3. The Labute approximate surface area is 118 Å². The van der Waals surface area contributed by atoms with Crippen molar-refractivity contribution in [3.8, 4) is 11.5 Å². The van der Waals surface area contributed by atoms with Crippen molar-refractivity contribution in [1.82, 2.24) is 0 Å². The van der Waals surface area contributed by atoms with E-state index < -0.39 is 0 Å². The van der Waals surface area contributed by atoms with Crippen LogP contribution in [0.15, 0.2) is 34.8 Å². The van der Waals surface area contributed by atoms with Crippen LogP contribution in [0.1, 0.15) is 5.56 Å². The number of hydrogen-bond donors (Lipinski definition) is 1. The molecule has 0 spiro atoms. The predicted octanol–water partition coefficient (Wildman–Crippen LogP) is 4.92. The molecular weight excluding hydrogens is 321 g/mol. The number of nitrogen functional groups attached to an aromatic ring is 1. The van der Waals surface area contributed by atoms with Crippen molar-refractivity contribution in [2.24, 2.45) is 0 Å². The number of benzene rings is 2. The summed E-state index contributed by atoms with van der Waals surface area (Å²) in [6.45, 7) is 1.86. The summed E-state index contributed by atoms with van der Waals surface area (Å²) in [6, 6.07) is 7.80. The van der Waals surface area contributed by atoms with Crippen LogP contribution in [-0.2, 0) is 0 Å². The smallest absolute Gasteiger partial charge is 0.137 e. The molecule has 0 aliphatic heterocycles. The molecule has 2 aromatic carbocycles. The van der Waals surface area contributed by atoms with E-state index in [1.54, 1.807) is 24.3 Å². The van der Waals surface area contributed by atoms with Crippen LogP contribution in [0, 0.1) is 12.7 Å². The molecule has 2 nitrogen and oxygen atoms in total. The van der Waals surface area contributed by atoms with Crippen LogP contribution in [0.2, 0.25) is 5.02 Å². The van der Waals surface area contributed by atoms with Crippen LogP contribution < -0.4 is 10.5 Å². The first-order chi connectivity index (χ1) is 8.47. The Hall–Kier alpha value is -1.26. The molecule has 0 heterocycles.